The molecule has 0 aliphatic heterocycles. The minimum Gasteiger partial charge on any atom is -0.365 e. The molecule has 0 spiro atoms. The van der Waals surface area contributed by atoms with Gasteiger partial charge in [-0.15, -0.1) is 11.3 Å². The lowest BCUT2D eigenvalue weighted by molar-refractivity contribution is 0.0975. The van der Waals surface area contributed by atoms with Gasteiger partial charge < -0.3 is 11.1 Å². The van der Waals surface area contributed by atoms with Gasteiger partial charge in [-0.3, -0.25) is 14.9 Å². The van der Waals surface area contributed by atoms with Gasteiger partial charge in [0.1, 0.15) is 5.00 Å². The number of amides is 2. The number of anilines is 1. The summed E-state index contributed by atoms with van der Waals surface area (Å²) >= 11 is 6.80. The number of nitrogens with two attached hydrogens (primary N) is 1. The first-order chi connectivity index (χ1) is 12.8. The highest BCUT2D eigenvalue weighted by molar-refractivity contribution is 7.80. The van der Waals surface area contributed by atoms with Crippen LogP contribution in [0.5, 0.6) is 0 Å². The molecule has 142 valence electrons. The van der Waals surface area contributed by atoms with Gasteiger partial charge in [0.05, 0.1) is 5.56 Å². The van der Waals surface area contributed by atoms with E-state index in [-0.39, 0.29) is 11.0 Å². The summed E-state index contributed by atoms with van der Waals surface area (Å²) < 4.78 is 0. The number of carbonyl (C=O) groups is 2. The Hall–Kier alpha value is -2.25. The third-order valence-electron chi connectivity index (χ3n) is 4.84. The van der Waals surface area contributed by atoms with E-state index in [1.54, 1.807) is 6.07 Å². The van der Waals surface area contributed by atoms with Gasteiger partial charge in [0, 0.05) is 10.4 Å². The van der Waals surface area contributed by atoms with E-state index >= 15 is 0 Å². The van der Waals surface area contributed by atoms with Crippen molar-refractivity contribution in [3.63, 3.8) is 0 Å². The number of fused-ring (bicyclic) bond motifs is 1. The average Bonchev–Trinajstić information content (AvgIpc) is 2.91. The van der Waals surface area contributed by atoms with E-state index in [4.69, 9.17) is 18.0 Å². The van der Waals surface area contributed by atoms with E-state index in [1.807, 2.05) is 26.0 Å². The molecule has 7 heteroatoms. The van der Waals surface area contributed by atoms with Crippen LogP contribution in [0.1, 0.15) is 55.6 Å². The quantitative estimate of drug-likeness (QED) is 0.685. The molecule has 3 rings (SSSR count). The zero-order valence-corrected chi connectivity index (χ0v) is 17.3. The first-order valence-corrected chi connectivity index (χ1v) is 10.1. The molecule has 0 unspecified atom stereocenters. The third-order valence-corrected chi connectivity index (χ3v) is 6.21. The van der Waals surface area contributed by atoms with Crippen LogP contribution in [-0.4, -0.2) is 16.9 Å². The van der Waals surface area contributed by atoms with Crippen molar-refractivity contribution >= 4 is 45.5 Å². The molecule has 5 nitrogen and oxygen atoms in total. The first-order valence-electron chi connectivity index (χ1n) is 8.90. The molecular formula is C20H23N3O2S2. The summed E-state index contributed by atoms with van der Waals surface area (Å²) in [7, 11) is 0. The Balaban J connectivity index is 1.78. The van der Waals surface area contributed by atoms with Crippen LogP contribution in [0, 0.1) is 19.8 Å². The van der Waals surface area contributed by atoms with Crippen molar-refractivity contribution < 1.29 is 9.59 Å². The van der Waals surface area contributed by atoms with Crippen molar-refractivity contribution in [1.82, 2.24) is 5.32 Å². The minimum atomic E-state index is -0.465. The normalized spacial score (nSPS) is 15.7. The van der Waals surface area contributed by atoms with Crippen LogP contribution >= 0.6 is 23.6 Å². The van der Waals surface area contributed by atoms with Gasteiger partial charge in [-0.2, -0.15) is 0 Å². The lowest BCUT2D eigenvalue weighted by Crippen LogP contribution is -2.34. The van der Waals surface area contributed by atoms with Crippen LogP contribution in [0.15, 0.2) is 18.2 Å². The molecule has 0 radical (unpaired) electrons. The average molecular weight is 402 g/mol. The molecule has 2 aromatic rings. The van der Waals surface area contributed by atoms with Gasteiger partial charge in [0.15, 0.2) is 5.11 Å². The van der Waals surface area contributed by atoms with E-state index in [2.05, 4.69) is 17.6 Å². The van der Waals surface area contributed by atoms with Gasteiger partial charge in [0.25, 0.3) is 11.8 Å². The summed E-state index contributed by atoms with van der Waals surface area (Å²) in [5.41, 5.74) is 9.69. The second-order valence-corrected chi connectivity index (χ2v) is 8.66. The number of primary amides is 1. The molecule has 4 N–H and O–H groups in total. The fourth-order valence-corrected chi connectivity index (χ4v) is 5.15. The Morgan fingerprint density at radius 2 is 2.04 bits per heavy atom. The maximum atomic E-state index is 12.5. The second-order valence-electron chi connectivity index (χ2n) is 7.15. The topological polar surface area (TPSA) is 84.2 Å². The van der Waals surface area contributed by atoms with Crippen molar-refractivity contribution in [2.45, 2.75) is 40.0 Å². The Labute approximate surface area is 168 Å². The van der Waals surface area contributed by atoms with Crippen molar-refractivity contribution in [2.24, 2.45) is 11.7 Å². The molecule has 1 heterocycles. The fourth-order valence-electron chi connectivity index (χ4n) is 3.47. The molecule has 27 heavy (non-hydrogen) atoms. The van der Waals surface area contributed by atoms with Gasteiger partial charge in [-0.1, -0.05) is 24.6 Å². The summed E-state index contributed by atoms with van der Waals surface area (Å²) in [6.07, 6.45) is 2.82. The number of carbonyl (C=O) groups excluding carboxylic acids is 2. The number of hydrogen-bond acceptors (Lipinski definition) is 4. The van der Waals surface area contributed by atoms with Crippen LogP contribution in [0.4, 0.5) is 5.00 Å². The summed E-state index contributed by atoms with van der Waals surface area (Å²) in [6, 6.07) is 5.62. The van der Waals surface area contributed by atoms with Crippen molar-refractivity contribution in [3.05, 3.63) is 50.9 Å². The fraction of sp³-hybridized carbons (Fsp3) is 0.350. The Bertz CT molecular complexity index is 934. The Morgan fingerprint density at radius 3 is 2.70 bits per heavy atom. The largest absolute Gasteiger partial charge is 0.365 e. The van der Waals surface area contributed by atoms with Crippen LogP contribution in [-0.2, 0) is 12.8 Å². The number of rotatable bonds is 3. The maximum absolute atomic E-state index is 12.5. The van der Waals surface area contributed by atoms with Gasteiger partial charge >= 0.3 is 0 Å². The zero-order chi connectivity index (χ0) is 19.7. The highest BCUT2D eigenvalue weighted by atomic mass is 32.1. The predicted molar refractivity (Wildman–Crippen MR) is 114 cm³/mol. The monoisotopic (exact) mass is 401 g/mol. The molecular weight excluding hydrogens is 378 g/mol. The molecule has 0 bridgehead atoms. The minimum absolute atomic E-state index is 0.161. The molecule has 0 fully saturated rings. The number of thiocarbonyl (C=S) groups is 1. The van der Waals surface area contributed by atoms with Gasteiger partial charge in [0.2, 0.25) is 0 Å². The maximum Gasteiger partial charge on any atom is 0.257 e. The molecule has 0 saturated carbocycles. The Kier molecular flexibility index (Phi) is 5.62. The first kappa shape index (κ1) is 19.5. The lowest BCUT2D eigenvalue weighted by atomic mass is 9.88. The van der Waals surface area contributed by atoms with Crippen LogP contribution < -0.4 is 16.4 Å². The predicted octanol–water partition coefficient (Wildman–Crippen LogP) is 3.72. The number of aryl methyl sites for hydroxylation is 2. The van der Waals surface area contributed by atoms with Crippen LogP contribution in [0.25, 0.3) is 0 Å². The molecule has 1 atom stereocenters. The summed E-state index contributed by atoms with van der Waals surface area (Å²) in [4.78, 5) is 25.7. The smallest absolute Gasteiger partial charge is 0.257 e. The molecule has 2 amide bonds. The number of thiophene rings is 1. The lowest BCUT2D eigenvalue weighted by Gasteiger charge is -2.18. The molecule has 0 saturated heterocycles. The van der Waals surface area contributed by atoms with Crippen molar-refractivity contribution in [1.29, 1.82) is 0 Å². The summed E-state index contributed by atoms with van der Waals surface area (Å²) in [6.45, 7) is 6.07. The number of benzene rings is 1. The molecule has 1 aliphatic rings. The molecule has 1 aliphatic carbocycles. The summed E-state index contributed by atoms with van der Waals surface area (Å²) in [5, 5.41) is 6.49. The number of nitrogens with one attached hydrogen (secondary N) is 2. The van der Waals surface area contributed by atoms with Gasteiger partial charge in [-0.05, 0) is 68.4 Å². The van der Waals surface area contributed by atoms with Crippen molar-refractivity contribution in [2.75, 3.05) is 5.32 Å². The highest BCUT2D eigenvalue weighted by Crippen LogP contribution is 2.39. The van der Waals surface area contributed by atoms with Gasteiger partial charge in [-0.25, -0.2) is 0 Å². The zero-order valence-electron chi connectivity index (χ0n) is 15.6. The third kappa shape index (κ3) is 4.20. The van der Waals surface area contributed by atoms with E-state index in [9.17, 15) is 9.59 Å². The molecule has 1 aromatic heterocycles. The van der Waals surface area contributed by atoms with Crippen LogP contribution in [0.3, 0.4) is 0 Å². The van der Waals surface area contributed by atoms with E-state index in [0.29, 0.717) is 22.0 Å². The SMILES string of the molecule is Cc1ccc(C(=O)NC(=S)Nc2sc3c(c2C(N)=O)CC[C@@H](C)C3)c(C)c1. The molecule has 1 aromatic carbocycles. The second kappa shape index (κ2) is 7.78. The van der Waals surface area contributed by atoms with E-state index < -0.39 is 5.91 Å². The van der Waals surface area contributed by atoms with E-state index in [0.717, 1.165) is 36.0 Å². The van der Waals surface area contributed by atoms with Crippen molar-refractivity contribution in [3.8, 4) is 0 Å². The Morgan fingerprint density at radius 1 is 1.30 bits per heavy atom. The standard InChI is InChI=1S/C20H23N3O2S2/c1-10-4-6-13(12(3)8-10)18(25)22-20(26)23-19-16(17(21)24)14-7-5-11(2)9-15(14)27-19/h4,6,8,11H,5,7,9H2,1-3H3,(H2,21,24)(H2,22,23,25,26)/t11-/m1/s1. The van der Waals surface area contributed by atoms with Crippen LogP contribution in [0.2, 0.25) is 0 Å². The number of hydrogen-bond donors (Lipinski definition) is 3. The summed E-state index contributed by atoms with van der Waals surface area (Å²) in [5.74, 6) is -0.158. The highest BCUT2D eigenvalue weighted by Gasteiger charge is 2.27. The van der Waals surface area contributed by atoms with E-state index in [1.165, 1.54) is 16.2 Å².